The molecule has 0 saturated carbocycles. The lowest BCUT2D eigenvalue weighted by Gasteiger charge is -2.10. The summed E-state index contributed by atoms with van der Waals surface area (Å²) in [5.74, 6) is 1.17. The minimum atomic E-state index is 0.106. The third kappa shape index (κ3) is 4.46. The summed E-state index contributed by atoms with van der Waals surface area (Å²) in [6.07, 6.45) is 3.52. The second-order valence-corrected chi connectivity index (χ2v) is 8.30. The zero-order valence-electron chi connectivity index (χ0n) is 17.9. The average Bonchev–Trinajstić information content (AvgIpc) is 3.33. The van der Waals surface area contributed by atoms with Crippen molar-refractivity contribution >= 4 is 17.5 Å². The third-order valence-electron chi connectivity index (χ3n) is 5.34. The third-order valence-corrected chi connectivity index (χ3v) is 6.31. The van der Waals surface area contributed by atoms with E-state index in [4.69, 9.17) is 0 Å². The summed E-state index contributed by atoms with van der Waals surface area (Å²) in [6.45, 7) is 7.62. The molecule has 3 heterocycles. The van der Waals surface area contributed by atoms with Crippen molar-refractivity contribution in [2.75, 3.05) is 5.75 Å². The lowest BCUT2D eigenvalue weighted by Crippen LogP contribution is -2.08. The molecule has 4 rings (SSSR count). The lowest BCUT2D eigenvalue weighted by atomic mass is 10.2. The number of carbonyl (C=O) groups excluding carboxylic acids is 1. The van der Waals surface area contributed by atoms with Gasteiger partial charge in [0.05, 0.1) is 12.3 Å². The topological polar surface area (TPSA) is 65.6 Å². The predicted octanol–water partition coefficient (Wildman–Crippen LogP) is 4.80. The Balaban J connectivity index is 1.61. The van der Waals surface area contributed by atoms with Crippen molar-refractivity contribution in [2.24, 2.45) is 0 Å². The fraction of sp³-hybridized carbons (Fsp3) is 0.250. The maximum atomic E-state index is 13.0. The van der Waals surface area contributed by atoms with Gasteiger partial charge in [0.15, 0.2) is 16.8 Å². The van der Waals surface area contributed by atoms with Crippen molar-refractivity contribution in [1.82, 2.24) is 24.3 Å². The van der Waals surface area contributed by atoms with Crippen LogP contribution in [0.5, 0.6) is 0 Å². The summed E-state index contributed by atoms with van der Waals surface area (Å²) >= 11 is 1.43. The molecule has 0 radical (unpaired) electrons. The van der Waals surface area contributed by atoms with E-state index >= 15 is 0 Å². The molecule has 1 aromatic carbocycles. The fourth-order valence-corrected chi connectivity index (χ4v) is 4.61. The van der Waals surface area contributed by atoms with Gasteiger partial charge in [-0.1, -0.05) is 42.1 Å². The molecule has 0 aliphatic heterocycles. The van der Waals surface area contributed by atoms with Gasteiger partial charge in [0.2, 0.25) is 0 Å². The van der Waals surface area contributed by atoms with Gasteiger partial charge < -0.3 is 4.57 Å². The van der Waals surface area contributed by atoms with Crippen LogP contribution in [-0.2, 0) is 13.1 Å². The molecule has 0 N–H and O–H groups in total. The molecule has 0 amide bonds. The Morgan fingerprint density at radius 3 is 2.52 bits per heavy atom. The maximum Gasteiger partial charge on any atom is 0.192 e. The first-order chi connectivity index (χ1) is 15.1. The summed E-state index contributed by atoms with van der Waals surface area (Å²) in [5.41, 5.74) is 4.96. The highest BCUT2D eigenvalue weighted by molar-refractivity contribution is 7.99. The van der Waals surface area contributed by atoms with E-state index in [1.165, 1.54) is 11.8 Å². The summed E-state index contributed by atoms with van der Waals surface area (Å²) in [6, 6.07) is 16.0. The number of nitrogens with zero attached hydrogens (tertiary/aromatic N) is 5. The zero-order valence-corrected chi connectivity index (χ0v) is 18.8. The highest BCUT2D eigenvalue weighted by Gasteiger charge is 2.19. The Hall–Kier alpha value is -3.19. The van der Waals surface area contributed by atoms with Crippen LogP contribution in [0.25, 0.3) is 11.4 Å². The number of aryl methyl sites for hydroxylation is 1. The average molecular weight is 432 g/mol. The van der Waals surface area contributed by atoms with Crippen LogP contribution in [0.2, 0.25) is 0 Å². The van der Waals surface area contributed by atoms with Crippen LogP contribution in [0.3, 0.4) is 0 Å². The number of aromatic nitrogens is 5. The Kier molecular flexibility index (Phi) is 6.32. The summed E-state index contributed by atoms with van der Waals surface area (Å²) in [4.78, 5) is 17.2. The number of rotatable bonds is 8. The van der Waals surface area contributed by atoms with Crippen molar-refractivity contribution < 1.29 is 4.79 Å². The molecule has 3 aromatic heterocycles. The van der Waals surface area contributed by atoms with Gasteiger partial charge in [-0.05, 0) is 44.5 Å². The van der Waals surface area contributed by atoms with Gasteiger partial charge in [0.25, 0.3) is 0 Å². The Morgan fingerprint density at radius 2 is 1.84 bits per heavy atom. The summed E-state index contributed by atoms with van der Waals surface area (Å²) in [7, 11) is 0. The Bertz CT molecular complexity index is 1180. The Labute approximate surface area is 186 Å². The van der Waals surface area contributed by atoms with Crippen LogP contribution in [0.15, 0.2) is 66.1 Å². The van der Waals surface area contributed by atoms with Gasteiger partial charge in [0, 0.05) is 41.5 Å². The number of thioether (sulfide) groups is 1. The number of carbonyl (C=O) groups is 1. The van der Waals surface area contributed by atoms with E-state index in [0.29, 0.717) is 12.3 Å². The molecular weight excluding hydrogens is 406 g/mol. The standard InChI is InChI=1S/C24H25N5OS/c1-4-28-17(2)13-21(18(28)3)22(30)16-31-24-27-26-23(20-11-8-12-25-14-20)29(24)15-19-9-6-5-7-10-19/h5-14H,4,15-16H2,1-3H3. The number of Topliss-reactive ketones (excluding diaryl/α,β-unsaturated/α-hetero) is 1. The number of benzene rings is 1. The molecule has 158 valence electrons. The summed E-state index contributed by atoms with van der Waals surface area (Å²) < 4.78 is 4.22. The fourth-order valence-electron chi connectivity index (χ4n) is 3.79. The van der Waals surface area contributed by atoms with E-state index in [0.717, 1.165) is 45.6 Å². The van der Waals surface area contributed by atoms with Crippen LogP contribution < -0.4 is 0 Å². The summed E-state index contributed by atoms with van der Waals surface area (Å²) in [5, 5.41) is 9.55. The molecule has 0 bridgehead atoms. The van der Waals surface area contributed by atoms with E-state index in [1.807, 2.05) is 50.2 Å². The lowest BCUT2D eigenvalue weighted by molar-refractivity contribution is 0.102. The van der Waals surface area contributed by atoms with Crippen molar-refractivity contribution in [1.29, 1.82) is 0 Å². The zero-order chi connectivity index (χ0) is 21.8. The largest absolute Gasteiger partial charge is 0.349 e. The van der Waals surface area contributed by atoms with Gasteiger partial charge in [0.1, 0.15) is 0 Å². The van der Waals surface area contributed by atoms with Gasteiger partial charge in [-0.25, -0.2) is 0 Å². The second-order valence-electron chi connectivity index (χ2n) is 7.36. The normalized spacial score (nSPS) is 11.1. The highest BCUT2D eigenvalue weighted by Crippen LogP contribution is 2.26. The molecule has 4 aromatic rings. The molecule has 0 spiro atoms. The minimum absolute atomic E-state index is 0.106. The van der Waals surface area contributed by atoms with Crippen LogP contribution >= 0.6 is 11.8 Å². The molecule has 0 unspecified atom stereocenters. The monoisotopic (exact) mass is 431 g/mol. The van der Waals surface area contributed by atoms with E-state index in [1.54, 1.807) is 12.4 Å². The van der Waals surface area contributed by atoms with Gasteiger partial charge in [-0.15, -0.1) is 10.2 Å². The number of ketones is 1. The van der Waals surface area contributed by atoms with Crippen LogP contribution in [0, 0.1) is 13.8 Å². The quantitative estimate of drug-likeness (QED) is 0.296. The molecule has 0 saturated heterocycles. The first-order valence-electron chi connectivity index (χ1n) is 10.3. The molecule has 0 fully saturated rings. The van der Waals surface area contributed by atoms with Gasteiger partial charge in [-0.2, -0.15) is 0 Å². The molecular formula is C24H25N5OS. The van der Waals surface area contributed by atoms with Gasteiger partial charge in [-0.3, -0.25) is 14.3 Å². The molecule has 0 aliphatic rings. The maximum absolute atomic E-state index is 13.0. The van der Waals surface area contributed by atoms with Gasteiger partial charge >= 0.3 is 0 Å². The van der Waals surface area contributed by atoms with Crippen molar-refractivity contribution in [2.45, 2.75) is 39.0 Å². The Morgan fingerprint density at radius 1 is 1.03 bits per heavy atom. The SMILES string of the molecule is CCn1c(C)cc(C(=O)CSc2nnc(-c3cccnc3)n2Cc2ccccc2)c1C. The molecule has 0 aliphatic carbocycles. The van der Waals surface area contributed by atoms with E-state index in [-0.39, 0.29) is 5.78 Å². The molecule has 31 heavy (non-hydrogen) atoms. The van der Waals surface area contributed by atoms with Crippen LogP contribution in [0.1, 0.15) is 34.2 Å². The van der Waals surface area contributed by atoms with Crippen LogP contribution in [0.4, 0.5) is 0 Å². The van der Waals surface area contributed by atoms with E-state index in [9.17, 15) is 4.79 Å². The molecule has 6 nitrogen and oxygen atoms in total. The van der Waals surface area contributed by atoms with E-state index in [2.05, 4.69) is 43.4 Å². The van der Waals surface area contributed by atoms with Crippen LogP contribution in [-0.4, -0.2) is 35.9 Å². The predicted molar refractivity (Wildman–Crippen MR) is 123 cm³/mol. The number of hydrogen-bond acceptors (Lipinski definition) is 5. The van der Waals surface area contributed by atoms with Crippen molar-refractivity contribution in [3.63, 3.8) is 0 Å². The first-order valence-corrected chi connectivity index (χ1v) is 11.3. The molecule has 7 heteroatoms. The first kappa shape index (κ1) is 21.1. The second kappa shape index (κ2) is 9.31. The minimum Gasteiger partial charge on any atom is -0.349 e. The van der Waals surface area contributed by atoms with E-state index < -0.39 is 0 Å². The number of hydrogen-bond donors (Lipinski definition) is 0. The highest BCUT2D eigenvalue weighted by atomic mass is 32.2. The van der Waals surface area contributed by atoms with Crippen molar-refractivity contribution in [3.05, 3.63) is 83.4 Å². The van der Waals surface area contributed by atoms with Crippen molar-refractivity contribution in [3.8, 4) is 11.4 Å². The smallest absolute Gasteiger partial charge is 0.192 e. The number of pyridine rings is 1. The molecule has 0 atom stereocenters.